The first-order chi connectivity index (χ1) is 8.66. The van der Waals surface area contributed by atoms with Crippen LogP contribution in [0, 0.1) is 5.41 Å². The SMILES string of the molecule is CN(C(=N)N)c1ccc2c(c1)Cc1ccccc1-2. The molecule has 3 N–H and O–H groups in total. The van der Waals surface area contributed by atoms with Crippen LogP contribution in [-0.4, -0.2) is 13.0 Å². The second-order valence-electron chi connectivity index (χ2n) is 4.62. The van der Waals surface area contributed by atoms with Gasteiger partial charge in [0.2, 0.25) is 0 Å². The fourth-order valence-corrected chi connectivity index (χ4v) is 2.48. The van der Waals surface area contributed by atoms with Crippen molar-refractivity contribution >= 4 is 11.6 Å². The Bertz CT molecular complexity index is 631. The van der Waals surface area contributed by atoms with Crippen molar-refractivity contribution in [2.45, 2.75) is 6.42 Å². The maximum Gasteiger partial charge on any atom is 0.192 e. The monoisotopic (exact) mass is 237 g/mol. The molecule has 0 saturated carbocycles. The van der Waals surface area contributed by atoms with Crippen LogP contribution >= 0.6 is 0 Å². The van der Waals surface area contributed by atoms with Gasteiger partial charge in [-0.05, 0) is 40.8 Å². The third-order valence-electron chi connectivity index (χ3n) is 3.53. The number of fused-ring (bicyclic) bond motifs is 3. The third kappa shape index (κ3) is 1.56. The number of anilines is 1. The fraction of sp³-hybridized carbons (Fsp3) is 0.133. The Hall–Kier alpha value is -2.29. The van der Waals surface area contributed by atoms with Gasteiger partial charge in [0.1, 0.15) is 0 Å². The zero-order valence-corrected chi connectivity index (χ0v) is 10.3. The number of hydrogen-bond acceptors (Lipinski definition) is 1. The molecule has 0 aliphatic heterocycles. The minimum atomic E-state index is 0.0606. The van der Waals surface area contributed by atoms with Gasteiger partial charge in [-0.1, -0.05) is 30.3 Å². The van der Waals surface area contributed by atoms with Crippen molar-refractivity contribution in [1.82, 2.24) is 0 Å². The molecule has 0 unspecified atom stereocenters. The average Bonchev–Trinajstić information content (AvgIpc) is 2.75. The quantitative estimate of drug-likeness (QED) is 0.505. The summed E-state index contributed by atoms with van der Waals surface area (Å²) in [6, 6.07) is 14.7. The van der Waals surface area contributed by atoms with E-state index in [1.165, 1.54) is 22.3 Å². The first kappa shape index (κ1) is 10.8. The third-order valence-corrected chi connectivity index (χ3v) is 3.53. The van der Waals surface area contributed by atoms with Gasteiger partial charge in [0.15, 0.2) is 5.96 Å². The van der Waals surface area contributed by atoms with Gasteiger partial charge < -0.3 is 10.6 Å². The average molecular weight is 237 g/mol. The van der Waals surface area contributed by atoms with E-state index in [1.807, 2.05) is 13.1 Å². The van der Waals surface area contributed by atoms with Gasteiger partial charge in [-0.3, -0.25) is 5.41 Å². The lowest BCUT2D eigenvalue weighted by Crippen LogP contribution is -2.32. The van der Waals surface area contributed by atoms with Gasteiger partial charge in [-0.15, -0.1) is 0 Å². The molecule has 0 aromatic heterocycles. The summed E-state index contributed by atoms with van der Waals surface area (Å²) in [5.41, 5.74) is 11.8. The summed E-state index contributed by atoms with van der Waals surface area (Å²) < 4.78 is 0. The maximum atomic E-state index is 7.47. The van der Waals surface area contributed by atoms with Gasteiger partial charge in [0.05, 0.1) is 0 Å². The standard InChI is InChI=1S/C15H15N3/c1-18(15(16)17)12-6-7-14-11(9-12)8-10-4-2-3-5-13(10)14/h2-7,9H,8H2,1H3,(H3,16,17). The van der Waals surface area contributed by atoms with E-state index in [4.69, 9.17) is 11.1 Å². The van der Waals surface area contributed by atoms with Crippen molar-refractivity contribution in [1.29, 1.82) is 5.41 Å². The Balaban J connectivity index is 2.06. The highest BCUT2D eigenvalue weighted by molar-refractivity contribution is 5.92. The number of nitrogens with zero attached hydrogens (tertiary/aromatic N) is 1. The van der Waals surface area contributed by atoms with Gasteiger partial charge in [-0.25, -0.2) is 0 Å². The van der Waals surface area contributed by atoms with Crippen molar-refractivity contribution in [2.24, 2.45) is 5.73 Å². The molecule has 2 aromatic rings. The first-order valence-electron chi connectivity index (χ1n) is 5.96. The second kappa shape index (κ2) is 3.88. The molecular formula is C15H15N3. The highest BCUT2D eigenvalue weighted by Gasteiger charge is 2.18. The Labute approximate surface area is 106 Å². The van der Waals surface area contributed by atoms with Crippen LogP contribution in [0.5, 0.6) is 0 Å². The molecule has 3 heteroatoms. The minimum absolute atomic E-state index is 0.0606. The van der Waals surface area contributed by atoms with Crippen molar-refractivity contribution in [3.05, 3.63) is 53.6 Å². The van der Waals surface area contributed by atoms with E-state index >= 15 is 0 Å². The number of benzene rings is 2. The van der Waals surface area contributed by atoms with Crippen LogP contribution < -0.4 is 10.6 Å². The smallest absolute Gasteiger partial charge is 0.192 e. The van der Waals surface area contributed by atoms with Crippen LogP contribution in [0.15, 0.2) is 42.5 Å². The number of guanidine groups is 1. The number of nitrogens with two attached hydrogens (primary N) is 1. The molecule has 1 aliphatic rings. The Morgan fingerprint density at radius 2 is 1.83 bits per heavy atom. The summed E-state index contributed by atoms with van der Waals surface area (Å²) in [7, 11) is 1.81. The van der Waals surface area contributed by atoms with Crippen molar-refractivity contribution < 1.29 is 0 Å². The van der Waals surface area contributed by atoms with Crippen LogP contribution in [0.3, 0.4) is 0 Å². The topological polar surface area (TPSA) is 53.1 Å². The van der Waals surface area contributed by atoms with E-state index in [1.54, 1.807) is 4.90 Å². The molecule has 0 bridgehead atoms. The largest absolute Gasteiger partial charge is 0.370 e. The fourth-order valence-electron chi connectivity index (χ4n) is 2.48. The molecule has 0 fully saturated rings. The second-order valence-corrected chi connectivity index (χ2v) is 4.62. The summed E-state index contributed by atoms with van der Waals surface area (Å²) in [6.45, 7) is 0. The van der Waals surface area contributed by atoms with Crippen LogP contribution in [0.4, 0.5) is 5.69 Å². The Morgan fingerprint density at radius 3 is 2.61 bits per heavy atom. The summed E-state index contributed by atoms with van der Waals surface area (Å²) in [4.78, 5) is 1.68. The molecule has 18 heavy (non-hydrogen) atoms. The number of nitrogens with one attached hydrogen (secondary N) is 1. The van der Waals surface area contributed by atoms with Crippen LogP contribution in [0.1, 0.15) is 11.1 Å². The highest BCUT2D eigenvalue weighted by Crippen LogP contribution is 2.37. The minimum Gasteiger partial charge on any atom is -0.370 e. The highest BCUT2D eigenvalue weighted by atomic mass is 15.2. The van der Waals surface area contributed by atoms with E-state index < -0.39 is 0 Å². The van der Waals surface area contributed by atoms with Crippen LogP contribution in [-0.2, 0) is 6.42 Å². The molecule has 2 aromatic carbocycles. The lowest BCUT2D eigenvalue weighted by molar-refractivity contribution is 1.18. The normalized spacial score (nSPS) is 11.8. The number of rotatable bonds is 1. The predicted octanol–water partition coefficient (Wildman–Crippen LogP) is 2.59. The van der Waals surface area contributed by atoms with Gasteiger partial charge in [0, 0.05) is 12.7 Å². The lowest BCUT2D eigenvalue weighted by Gasteiger charge is -2.17. The zero-order valence-electron chi connectivity index (χ0n) is 10.3. The first-order valence-corrected chi connectivity index (χ1v) is 5.96. The van der Waals surface area contributed by atoms with E-state index in [0.29, 0.717) is 0 Å². The predicted molar refractivity (Wildman–Crippen MR) is 75.0 cm³/mol. The molecule has 1 aliphatic carbocycles. The van der Waals surface area contributed by atoms with Crippen molar-refractivity contribution in [3.63, 3.8) is 0 Å². The van der Waals surface area contributed by atoms with Gasteiger partial charge in [0.25, 0.3) is 0 Å². The zero-order chi connectivity index (χ0) is 12.7. The molecule has 0 heterocycles. The van der Waals surface area contributed by atoms with Crippen molar-refractivity contribution in [3.8, 4) is 11.1 Å². The maximum absolute atomic E-state index is 7.47. The van der Waals surface area contributed by atoms with Gasteiger partial charge >= 0.3 is 0 Å². The molecule has 3 nitrogen and oxygen atoms in total. The van der Waals surface area contributed by atoms with Crippen LogP contribution in [0.25, 0.3) is 11.1 Å². The Morgan fingerprint density at radius 1 is 1.11 bits per heavy atom. The lowest BCUT2D eigenvalue weighted by atomic mass is 10.1. The van der Waals surface area contributed by atoms with Crippen molar-refractivity contribution in [2.75, 3.05) is 11.9 Å². The summed E-state index contributed by atoms with van der Waals surface area (Å²) in [5.74, 6) is 0.0606. The van der Waals surface area contributed by atoms with Gasteiger partial charge in [-0.2, -0.15) is 0 Å². The molecule has 0 radical (unpaired) electrons. The van der Waals surface area contributed by atoms with E-state index in [9.17, 15) is 0 Å². The molecule has 3 rings (SSSR count). The summed E-state index contributed by atoms with van der Waals surface area (Å²) >= 11 is 0. The van der Waals surface area contributed by atoms with Crippen LogP contribution in [0.2, 0.25) is 0 Å². The molecular weight excluding hydrogens is 222 g/mol. The molecule has 0 saturated heterocycles. The molecule has 0 amide bonds. The molecule has 0 spiro atoms. The Kier molecular flexibility index (Phi) is 2.33. The number of hydrogen-bond donors (Lipinski definition) is 2. The van der Waals surface area contributed by atoms with E-state index in [2.05, 4.69) is 36.4 Å². The summed E-state index contributed by atoms with van der Waals surface area (Å²) in [6.07, 6.45) is 0.963. The van der Waals surface area contributed by atoms with E-state index in [0.717, 1.165) is 12.1 Å². The molecule has 0 atom stereocenters. The molecule has 90 valence electrons. The van der Waals surface area contributed by atoms with E-state index in [-0.39, 0.29) is 5.96 Å². The summed E-state index contributed by atoms with van der Waals surface area (Å²) in [5, 5.41) is 7.47.